The van der Waals surface area contributed by atoms with Crippen LogP contribution in [0, 0.1) is 0 Å². The predicted octanol–water partition coefficient (Wildman–Crippen LogP) is 2.76. The second-order valence-electron chi connectivity index (χ2n) is 5.28. The Bertz CT molecular complexity index is 763. The first-order valence-corrected chi connectivity index (χ1v) is 8.66. The molecule has 4 rings (SSSR count). The van der Waals surface area contributed by atoms with Crippen LogP contribution in [0.15, 0.2) is 42.9 Å². The maximum absolute atomic E-state index is 4.53. The van der Waals surface area contributed by atoms with Gasteiger partial charge in [0.2, 0.25) is 0 Å². The molecule has 1 fully saturated rings. The fraction of sp³-hybridized carbons (Fsp3) is 0.312. The second-order valence-corrected chi connectivity index (χ2v) is 6.50. The topological polar surface area (TPSA) is 46.8 Å². The van der Waals surface area contributed by atoms with Crippen LogP contribution in [0.3, 0.4) is 0 Å². The molecule has 1 aromatic carbocycles. The minimum absolute atomic E-state index is 0.869. The lowest BCUT2D eigenvalue weighted by molar-refractivity contribution is 0.803. The molecule has 3 heterocycles. The largest absolute Gasteiger partial charge is 0.355 e. The van der Waals surface area contributed by atoms with Crippen molar-refractivity contribution in [1.82, 2.24) is 19.7 Å². The Labute approximate surface area is 133 Å². The molecule has 0 unspecified atom stereocenters. The molecular formula is C16H17N5S. The average molecular weight is 311 g/mol. The second kappa shape index (κ2) is 5.96. The Hall–Kier alpha value is -2.08. The zero-order valence-electron chi connectivity index (χ0n) is 12.2. The highest BCUT2D eigenvalue weighted by Crippen LogP contribution is 2.26. The molecule has 0 bridgehead atoms. The first-order chi connectivity index (χ1) is 10.9. The molecule has 0 radical (unpaired) electrons. The van der Waals surface area contributed by atoms with Gasteiger partial charge in [0.15, 0.2) is 5.65 Å². The highest BCUT2D eigenvalue weighted by molar-refractivity contribution is 7.99. The van der Waals surface area contributed by atoms with Crippen LogP contribution in [0.4, 0.5) is 5.82 Å². The number of anilines is 1. The van der Waals surface area contributed by atoms with Crippen molar-refractivity contribution in [3.05, 3.63) is 42.9 Å². The van der Waals surface area contributed by atoms with E-state index in [1.807, 2.05) is 53.0 Å². The van der Waals surface area contributed by atoms with Crippen molar-refractivity contribution < 1.29 is 0 Å². The summed E-state index contributed by atoms with van der Waals surface area (Å²) in [4.78, 5) is 11.3. The number of para-hydroxylation sites is 1. The van der Waals surface area contributed by atoms with Gasteiger partial charge < -0.3 is 4.90 Å². The van der Waals surface area contributed by atoms with Gasteiger partial charge in [-0.25, -0.2) is 14.6 Å². The minimum Gasteiger partial charge on any atom is -0.355 e. The van der Waals surface area contributed by atoms with Gasteiger partial charge in [0.1, 0.15) is 12.1 Å². The summed E-state index contributed by atoms with van der Waals surface area (Å²) >= 11 is 2.02. The summed E-state index contributed by atoms with van der Waals surface area (Å²) in [5.41, 5.74) is 1.89. The number of thioether (sulfide) groups is 1. The number of fused-ring (bicyclic) bond motifs is 1. The Balaban J connectivity index is 1.80. The van der Waals surface area contributed by atoms with Crippen molar-refractivity contribution in [3.63, 3.8) is 0 Å². The Kier molecular flexibility index (Phi) is 3.68. The van der Waals surface area contributed by atoms with E-state index in [-0.39, 0.29) is 0 Å². The predicted molar refractivity (Wildman–Crippen MR) is 90.8 cm³/mol. The van der Waals surface area contributed by atoms with Crippen molar-refractivity contribution >= 4 is 28.6 Å². The normalized spacial score (nSPS) is 15.9. The van der Waals surface area contributed by atoms with E-state index in [2.05, 4.69) is 20.0 Å². The summed E-state index contributed by atoms with van der Waals surface area (Å²) in [5, 5.41) is 5.55. The molecule has 0 aliphatic carbocycles. The molecule has 22 heavy (non-hydrogen) atoms. The lowest BCUT2D eigenvalue weighted by atomic mass is 10.3. The minimum atomic E-state index is 0.869. The highest BCUT2D eigenvalue weighted by Gasteiger charge is 2.17. The van der Waals surface area contributed by atoms with E-state index in [1.165, 1.54) is 12.2 Å². The molecule has 5 nitrogen and oxygen atoms in total. The third-order valence-corrected chi connectivity index (χ3v) is 4.92. The van der Waals surface area contributed by atoms with Gasteiger partial charge in [-0.15, -0.1) is 0 Å². The number of aromatic nitrogens is 4. The fourth-order valence-corrected chi connectivity index (χ4v) is 3.69. The molecule has 2 aromatic heterocycles. The van der Waals surface area contributed by atoms with Crippen molar-refractivity contribution in [2.45, 2.75) is 6.42 Å². The summed E-state index contributed by atoms with van der Waals surface area (Å²) in [6.45, 7) is 2.09. The van der Waals surface area contributed by atoms with Gasteiger partial charge in [-0.2, -0.15) is 16.9 Å². The van der Waals surface area contributed by atoms with Gasteiger partial charge in [-0.1, -0.05) is 18.2 Å². The van der Waals surface area contributed by atoms with Crippen molar-refractivity contribution in [3.8, 4) is 5.69 Å². The van der Waals surface area contributed by atoms with Crippen molar-refractivity contribution in [2.24, 2.45) is 0 Å². The Morgan fingerprint density at radius 2 is 1.91 bits per heavy atom. The van der Waals surface area contributed by atoms with Crippen LogP contribution in [-0.4, -0.2) is 44.3 Å². The molecule has 0 atom stereocenters. The van der Waals surface area contributed by atoms with E-state index in [9.17, 15) is 0 Å². The van der Waals surface area contributed by atoms with Crippen molar-refractivity contribution in [2.75, 3.05) is 29.5 Å². The van der Waals surface area contributed by atoms with E-state index in [0.29, 0.717) is 0 Å². The van der Waals surface area contributed by atoms with Crippen LogP contribution in [0.5, 0.6) is 0 Å². The van der Waals surface area contributed by atoms with Crippen LogP contribution >= 0.6 is 11.8 Å². The third kappa shape index (κ3) is 2.43. The van der Waals surface area contributed by atoms with Gasteiger partial charge in [0, 0.05) is 18.8 Å². The lowest BCUT2D eigenvalue weighted by Gasteiger charge is -2.21. The molecule has 1 saturated heterocycles. The Morgan fingerprint density at radius 3 is 2.82 bits per heavy atom. The van der Waals surface area contributed by atoms with Gasteiger partial charge >= 0.3 is 0 Å². The van der Waals surface area contributed by atoms with E-state index < -0.39 is 0 Å². The summed E-state index contributed by atoms with van der Waals surface area (Å²) < 4.78 is 1.88. The van der Waals surface area contributed by atoms with Crippen LogP contribution in [-0.2, 0) is 0 Å². The van der Waals surface area contributed by atoms with Gasteiger partial charge in [-0.3, -0.25) is 0 Å². The smallest absolute Gasteiger partial charge is 0.168 e. The van der Waals surface area contributed by atoms with E-state index in [4.69, 9.17) is 0 Å². The number of hydrogen-bond acceptors (Lipinski definition) is 5. The van der Waals surface area contributed by atoms with E-state index in [1.54, 1.807) is 6.33 Å². The van der Waals surface area contributed by atoms with Gasteiger partial charge in [0.25, 0.3) is 0 Å². The summed E-state index contributed by atoms with van der Waals surface area (Å²) in [6.07, 6.45) is 4.73. The molecular weight excluding hydrogens is 294 g/mol. The average Bonchev–Trinajstić information content (AvgIpc) is 2.82. The highest BCUT2D eigenvalue weighted by atomic mass is 32.2. The molecule has 0 N–H and O–H groups in total. The fourth-order valence-electron chi connectivity index (χ4n) is 2.80. The first kappa shape index (κ1) is 13.6. The first-order valence-electron chi connectivity index (χ1n) is 7.50. The summed E-state index contributed by atoms with van der Waals surface area (Å²) in [6, 6.07) is 10.1. The van der Waals surface area contributed by atoms with E-state index in [0.717, 1.165) is 41.4 Å². The number of benzene rings is 1. The zero-order valence-corrected chi connectivity index (χ0v) is 13.0. The van der Waals surface area contributed by atoms with Gasteiger partial charge in [-0.05, 0) is 24.3 Å². The summed E-state index contributed by atoms with van der Waals surface area (Å²) in [5.74, 6) is 3.39. The van der Waals surface area contributed by atoms with Gasteiger partial charge in [0.05, 0.1) is 17.3 Å². The molecule has 0 amide bonds. The number of nitrogens with zero attached hydrogens (tertiary/aromatic N) is 5. The SMILES string of the molecule is c1ccc(-n2ncc3c(N4CCCSCC4)ncnc32)cc1. The van der Waals surface area contributed by atoms with Crippen LogP contribution in [0.25, 0.3) is 16.7 Å². The summed E-state index contributed by atoms with van der Waals surface area (Å²) in [7, 11) is 0. The van der Waals surface area contributed by atoms with Crippen LogP contribution < -0.4 is 4.90 Å². The zero-order chi connectivity index (χ0) is 14.8. The Morgan fingerprint density at radius 1 is 1.00 bits per heavy atom. The standard InChI is InChI=1S/C16H17N5S/c1-2-5-13(6-3-1)21-16-14(11-19-21)15(17-12-18-16)20-7-4-9-22-10-8-20/h1-3,5-6,11-12H,4,7-10H2. The molecule has 6 heteroatoms. The number of hydrogen-bond donors (Lipinski definition) is 0. The maximum atomic E-state index is 4.53. The quantitative estimate of drug-likeness (QED) is 0.728. The third-order valence-electron chi connectivity index (χ3n) is 3.87. The molecule has 1 aliphatic rings. The molecule has 0 spiro atoms. The van der Waals surface area contributed by atoms with Crippen LogP contribution in [0.2, 0.25) is 0 Å². The molecule has 0 saturated carbocycles. The maximum Gasteiger partial charge on any atom is 0.168 e. The number of rotatable bonds is 2. The molecule has 1 aliphatic heterocycles. The lowest BCUT2D eigenvalue weighted by Crippen LogP contribution is -2.26. The molecule has 112 valence electrons. The van der Waals surface area contributed by atoms with E-state index >= 15 is 0 Å². The van der Waals surface area contributed by atoms with Crippen molar-refractivity contribution in [1.29, 1.82) is 0 Å². The monoisotopic (exact) mass is 311 g/mol. The van der Waals surface area contributed by atoms with Crippen LogP contribution in [0.1, 0.15) is 6.42 Å². The molecule has 3 aromatic rings.